The van der Waals surface area contributed by atoms with Gasteiger partial charge in [-0.2, -0.15) is 4.31 Å². The van der Waals surface area contributed by atoms with Gasteiger partial charge in [0.1, 0.15) is 0 Å². The van der Waals surface area contributed by atoms with Crippen LogP contribution >= 0.6 is 0 Å². The number of nitrogens with one attached hydrogen (secondary N) is 1. The molecule has 6 heteroatoms. The molecule has 0 radical (unpaired) electrons. The van der Waals surface area contributed by atoms with Crippen LogP contribution in [0.25, 0.3) is 0 Å². The molecule has 2 aliphatic heterocycles. The summed E-state index contributed by atoms with van der Waals surface area (Å²) in [5, 5.41) is 3.14. The zero-order valence-corrected chi connectivity index (χ0v) is 9.63. The summed E-state index contributed by atoms with van der Waals surface area (Å²) in [5.41, 5.74) is 0. The molecule has 0 aliphatic carbocycles. The lowest BCUT2D eigenvalue weighted by Gasteiger charge is -2.27. The summed E-state index contributed by atoms with van der Waals surface area (Å²) in [6, 6.07) is 0. The Hall–Kier alpha value is -0.170. The largest absolute Gasteiger partial charge is 0.377 e. The molecule has 15 heavy (non-hydrogen) atoms. The number of sulfonamides is 1. The lowest BCUT2D eigenvalue weighted by atomic mass is 10.3. The van der Waals surface area contributed by atoms with Crippen molar-refractivity contribution in [2.75, 3.05) is 38.5 Å². The third-order valence-corrected chi connectivity index (χ3v) is 4.83. The minimum absolute atomic E-state index is 0.0788. The molecule has 0 amide bonds. The highest BCUT2D eigenvalue weighted by atomic mass is 32.2. The summed E-state index contributed by atoms with van der Waals surface area (Å²) in [6.07, 6.45) is 1.79. The molecule has 1 atom stereocenters. The fourth-order valence-corrected chi connectivity index (χ4v) is 3.72. The molecule has 0 spiro atoms. The van der Waals surface area contributed by atoms with Crippen molar-refractivity contribution in [2.24, 2.45) is 0 Å². The van der Waals surface area contributed by atoms with E-state index >= 15 is 0 Å². The van der Waals surface area contributed by atoms with E-state index in [1.54, 1.807) is 4.31 Å². The Morgan fingerprint density at radius 3 is 2.67 bits per heavy atom. The normalized spacial score (nSPS) is 29.5. The summed E-state index contributed by atoms with van der Waals surface area (Å²) < 4.78 is 30.9. The molecular weight excluding hydrogens is 216 g/mol. The van der Waals surface area contributed by atoms with E-state index in [2.05, 4.69) is 5.32 Å². The van der Waals surface area contributed by atoms with E-state index in [-0.39, 0.29) is 11.9 Å². The van der Waals surface area contributed by atoms with Gasteiger partial charge in [-0.25, -0.2) is 8.42 Å². The van der Waals surface area contributed by atoms with Crippen molar-refractivity contribution in [3.05, 3.63) is 0 Å². The van der Waals surface area contributed by atoms with Crippen molar-refractivity contribution < 1.29 is 13.2 Å². The number of hydrogen-bond acceptors (Lipinski definition) is 4. The van der Waals surface area contributed by atoms with Crippen LogP contribution in [0.5, 0.6) is 0 Å². The molecule has 0 aromatic carbocycles. The summed E-state index contributed by atoms with van der Waals surface area (Å²) in [6.45, 7) is 3.40. The lowest BCUT2D eigenvalue weighted by molar-refractivity contribution is 0.126. The van der Waals surface area contributed by atoms with Crippen LogP contribution in [0.3, 0.4) is 0 Å². The van der Waals surface area contributed by atoms with E-state index in [9.17, 15) is 8.42 Å². The Morgan fingerprint density at radius 2 is 2.07 bits per heavy atom. The molecule has 0 aromatic rings. The minimum atomic E-state index is -3.10. The van der Waals surface area contributed by atoms with Crippen LogP contribution in [0.15, 0.2) is 0 Å². The topological polar surface area (TPSA) is 58.6 Å². The van der Waals surface area contributed by atoms with Gasteiger partial charge in [0.25, 0.3) is 0 Å². The van der Waals surface area contributed by atoms with Crippen molar-refractivity contribution >= 4 is 10.0 Å². The predicted molar refractivity (Wildman–Crippen MR) is 57.2 cm³/mol. The first-order chi connectivity index (χ1) is 7.18. The number of piperazine rings is 1. The van der Waals surface area contributed by atoms with Gasteiger partial charge in [0.2, 0.25) is 10.0 Å². The first kappa shape index (κ1) is 11.3. The summed E-state index contributed by atoms with van der Waals surface area (Å²) in [4.78, 5) is 0. The molecule has 0 aromatic heterocycles. The molecule has 2 saturated heterocycles. The highest BCUT2D eigenvalue weighted by molar-refractivity contribution is 7.89. The fourth-order valence-electron chi connectivity index (χ4n) is 2.04. The molecular formula is C9H18N2O3S. The summed E-state index contributed by atoms with van der Waals surface area (Å²) >= 11 is 0. The van der Waals surface area contributed by atoms with Crippen LogP contribution in [0.4, 0.5) is 0 Å². The average molecular weight is 234 g/mol. The molecule has 1 unspecified atom stereocenters. The number of ether oxygens (including phenoxy) is 1. The Labute approximate surface area is 90.8 Å². The zero-order valence-electron chi connectivity index (χ0n) is 8.81. The van der Waals surface area contributed by atoms with Gasteiger partial charge in [0.05, 0.1) is 11.9 Å². The van der Waals surface area contributed by atoms with Gasteiger partial charge in [-0.3, -0.25) is 0 Å². The standard InChI is InChI=1S/C9H18N2O3S/c12-15(13,8-9-2-1-7-14-9)11-5-3-10-4-6-11/h9-10H,1-8H2. The molecule has 2 aliphatic rings. The Bertz CT molecular complexity index is 292. The second-order valence-electron chi connectivity index (χ2n) is 4.06. The van der Waals surface area contributed by atoms with Gasteiger partial charge in [-0.15, -0.1) is 0 Å². The molecule has 0 saturated carbocycles. The molecule has 2 heterocycles. The van der Waals surface area contributed by atoms with Crippen molar-refractivity contribution in [2.45, 2.75) is 18.9 Å². The number of hydrogen-bond donors (Lipinski definition) is 1. The van der Waals surface area contributed by atoms with Crippen molar-refractivity contribution in [1.82, 2.24) is 9.62 Å². The van der Waals surface area contributed by atoms with Gasteiger partial charge in [0, 0.05) is 32.8 Å². The SMILES string of the molecule is O=S(=O)(CC1CCCO1)N1CCNCC1. The van der Waals surface area contributed by atoms with Crippen LogP contribution < -0.4 is 5.32 Å². The van der Waals surface area contributed by atoms with Crippen LogP contribution in [-0.2, 0) is 14.8 Å². The third-order valence-electron chi connectivity index (χ3n) is 2.89. The molecule has 88 valence electrons. The second-order valence-corrected chi connectivity index (χ2v) is 6.08. The van der Waals surface area contributed by atoms with Crippen molar-refractivity contribution in [3.8, 4) is 0 Å². The predicted octanol–water partition coefficient (Wildman–Crippen LogP) is -0.600. The maximum absolute atomic E-state index is 12.0. The molecule has 0 bridgehead atoms. The highest BCUT2D eigenvalue weighted by Gasteiger charge is 2.29. The van der Waals surface area contributed by atoms with E-state index in [0.29, 0.717) is 19.7 Å². The first-order valence-electron chi connectivity index (χ1n) is 5.49. The molecule has 2 fully saturated rings. The average Bonchev–Trinajstić information content (AvgIpc) is 2.71. The third kappa shape index (κ3) is 2.90. The number of nitrogens with zero attached hydrogens (tertiary/aromatic N) is 1. The van der Waals surface area contributed by atoms with E-state index < -0.39 is 10.0 Å². The Balaban J connectivity index is 1.92. The maximum Gasteiger partial charge on any atom is 0.216 e. The first-order valence-corrected chi connectivity index (χ1v) is 7.09. The zero-order chi connectivity index (χ0) is 10.7. The minimum Gasteiger partial charge on any atom is -0.377 e. The van der Waals surface area contributed by atoms with Gasteiger partial charge in [0.15, 0.2) is 0 Å². The molecule has 1 N–H and O–H groups in total. The fraction of sp³-hybridized carbons (Fsp3) is 1.00. The van der Waals surface area contributed by atoms with Crippen molar-refractivity contribution in [3.63, 3.8) is 0 Å². The van der Waals surface area contributed by atoms with E-state index in [1.807, 2.05) is 0 Å². The van der Waals surface area contributed by atoms with Crippen LogP contribution in [0.1, 0.15) is 12.8 Å². The van der Waals surface area contributed by atoms with Crippen molar-refractivity contribution in [1.29, 1.82) is 0 Å². The van der Waals surface area contributed by atoms with Gasteiger partial charge < -0.3 is 10.1 Å². The maximum atomic E-state index is 12.0. The number of rotatable bonds is 3. The van der Waals surface area contributed by atoms with E-state index in [0.717, 1.165) is 25.9 Å². The van der Waals surface area contributed by atoms with E-state index in [1.165, 1.54) is 0 Å². The monoisotopic (exact) mass is 234 g/mol. The lowest BCUT2D eigenvalue weighted by Crippen LogP contribution is -2.48. The summed E-state index contributed by atoms with van der Waals surface area (Å²) in [7, 11) is -3.10. The highest BCUT2D eigenvalue weighted by Crippen LogP contribution is 2.16. The van der Waals surface area contributed by atoms with Gasteiger partial charge in [-0.1, -0.05) is 0 Å². The van der Waals surface area contributed by atoms with Crippen LogP contribution in [0.2, 0.25) is 0 Å². The Morgan fingerprint density at radius 1 is 1.33 bits per heavy atom. The molecule has 5 nitrogen and oxygen atoms in total. The van der Waals surface area contributed by atoms with E-state index in [4.69, 9.17) is 4.74 Å². The van der Waals surface area contributed by atoms with Crippen LogP contribution in [0, 0.1) is 0 Å². The van der Waals surface area contributed by atoms with Gasteiger partial charge in [-0.05, 0) is 12.8 Å². The van der Waals surface area contributed by atoms with Gasteiger partial charge >= 0.3 is 0 Å². The van der Waals surface area contributed by atoms with Crippen LogP contribution in [-0.4, -0.2) is 57.4 Å². The smallest absolute Gasteiger partial charge is 0.216 e. The Kier molecular flexibility index (Phi) is 3.60. The molecule has 2 rings (SSSR count). The summed E-state index contributed by atoms with van der Waals surface area (Å²) in [5.74, 6) is 0.160. The second kappa shape index (κ2) is 4.78. The quantitative estimate of drug-likeness (QED) is 0.708.